The third-order valence-electron chi connectivity index (χ3n) is 1.74. The molecule has 0 bridgehead atoms. The first-order chi connectivity index (χ1) is 5.42. The van der Waals surface area contributed by atoms with Crippen LogP contribution in [0.15, 0.2) is 45.9 Å². The second-order valence-corrected chi connectivity index (χ2v) is 2.40. The van der Waals surface area contributed by atoms with Crippen molar-refractivity contribution in [3.8, 4) is 0 Å². The van der Waals surface area contributed by atoms with E-state index in [2.05, 4.69) is 10.2 Å². The Balaban J connectivity index is 2.41. The van der Waals surface area contributed by atoms with E-state index in [9.17, 15) is 4.79 Å². The van der Waals surface area contributed by atoms with Crippen LogP contribution in [0.1, 0.15) is 0 Å². The molecule has 0 fully saturated rings. The summed E-state index contributed by atoms with van der Waals surface area (Å²) in [5.41, 5.74) is 1.71. The lowest BCUT2D eigenvalue weighted by molar-refractivity contribution is -0.109. The van der Waals surface area contributed by atoms with Gasteiger partial charge in [-0.05, 0) is 6.08 Å². The van der Waals surface area contributed by atoms with Crippen LogP contribution in [0.3, 0.4) is 0 Å². The Labute approximate surface area is 63.8 Å². The Bertz CT molecular complexity index is 310. The molecule has 0 aromatic carbocycles. The van der Waals surface area contributed by atoms with Crippen molar-refractivity contribution in [1.29, 1.82) is 0 Å². The number of fused-ring (bicyclic) bond motifs is 1. The van der Waals surface area contributed by atoms with Crippen molar-refractivity contribution in [3.05, 3.63) is 35.7 Å². The SMILES string of the molecule is O=C[C@H]1C=CC=C2N=NC=C21. The van der Waals surface area contributed by atoms with Crippen molar-refractivity contribution < 1.29 is 4.79 Å². The van der Waals surface area contributed by atoms with Crippen LogP contribution >= 0.6 is 0 Å². The minimum absolute atomic E-state index is 0.148. The van der Waals surface area contributed by atoms with Crippen LogP contribution in [0.5, 0.6) is 0 Å². The molecule has 3 heteroatoms. The van der Waals surface area contributed by atoms with Crippen molar-refractivity contribution in [1.82, 2.24) is 0 Å². The molecule has 11 heavy (non-hydrogen) atoms. The fourth-order valence-corrected chi connectivity index (χ4v) is 1.15. The summed E-state index contributed by atoms with van der Waals surface area (Å²) in [6, 6.07) is 0. The number of hydrogen-bond donors (Lipinski definition) is 0. The molecule has 0 radical (unpaired) electrons. The molecular formula is C8H6N2O. The molecule has 0 unspecified atom stereocenters. The highest BCUT2D eigenvalue weighted by atomic mass is 16.1. The van der Waals surface area contributed by atoms with E-state index in [1.807, 2.05) is 18.2 Å². The summed E-state index contributed by atoms with van der Waals surface area (Å²) < 4.78 is 0. The lowest BCUT2D eigenvalue weighted by atomic mass is 9.95. The Hall–Kier alpha value is -1.51. The van der Waals surface area contributed by atoms with E-state index in [1.165, 1.54) is 0 Å². The van der Waals surface area contributed by atoms with Gasteiger partial charge in [0.2, 0.25) is 0 Å². The zero-order valence-corrected chi connectivity index (χ0v) is 5.77. The number of hydrogen-bond acceptors (Lipinski definition) is 3. The van der Waals surface area contributed by atoms with Gasteiger partial charge in [0, 0.05) is 5.57 Å². The second kappa shape index (κ2) is 2.27. The highest BCUT2D eigenvalue weighted by Gasteiger charge is 2.19. The molecule has 1 aliphatic carbocycles. The maximum absolute atomic E-state index is 10.5. The Morgan fingerprint density at radius 3 is 3.27 bits per heavy atom. The average molecular weight is 146 g/mol. The van der Waals surface area contributed by atoms with Gasteiger partial charge in [-0.25, -0.2) is 0 Å². The molecule has 1 aliphatic heterocycles. The number of carbonyl (C=O) groups is 1. The summed E-state index contributed by atoms with van der Waals surface area (Å²) in [6.45, 7) is 0. The van der Waals surface area contributed by atoms with Gasteiger partial charge < -0.3 is 4.79 Å². The molecule has 1 heterocycles. The first kappa shape index (κ1) is 6.22. The highest BCUT2D eigenvalue weighted by Crippen LogP contribution is 2.29. The van der Waals surface area contributed by atoms with Gasteiger partial charge >= 0.3 is 0 Å². The number of carbonyl (C=O) groups excluding carboxylic acids is 1. The molecule has 0 N–H and O–H groups in total. The van der Waals surface area contributed by atoms with Crippen molar-refractivity contribution in [2.45, 2.75) is 0 Å². The van der Waals surface area contributed by atoms with Gasteiger partial charge in [-0.2, -0.15) is 10.2 Å². The van der Waals surface area contributed by atoms with Gasteiger partial charge in [-0.15, -0.1) is 0 Å². The summed E-state index contributed by atoms with van der Waals surface area (Å²) in [6.07, 6.45) is 8.04. The predicted molar refractivity (Wildman–Crippen MR) is 39.7 cm³/mol. The maximum atomic E-state index is 10.5. The van der Waals surface area contributed by atoms with E-state index < -0.39 is 0 Å². The number of azo groups is 1. The van der Waals surface area contributed by atoms with E-state index in [0.717, 1.165) is 17.6 Å². The van der Waals surface area contributed by atoms with Crippen LogP contribution in [0.25, 0.3) is 0 Å². The Kier molecular flexibility index (Phi) is 1.28. The smallest absolute Gasteiger partial charge is 0.131 e. The summed E-state index contributed by atoms with van der Waals surface area (Å²) in [7, 11) is 0. The largest absolute Gasteiger partial charge is 0.302 e. The third-order valence-corrected chi connectivity index (χ3v) is 1.74. The van der Waals surface area contributed by atoms with Crippen LogP contribution in [0, 0.1) is 5.92 Å². The Morgan fingerprint density at radius 1 is 1.55 bits per heavy atom. The normalized spacial score (nSPS) is 26.0. The van der Waals surface area contributed by atoms with Crippen molar-refractivity contribution in [3.63, 3.8) is 0 Å². The summed E-state index contributed by atoms with van der Waals surface area (Å²) in [5, 5.41) is 7.56. The van der Waals surface area contributed by atoms with Gasteiger partial charge in [0.1, 0.15) is 6.29 Å². The van der Waals surface area contributed by atoms with E-state index in [0.29, 0.717) is 0 Å². The molecule has 0 aromatic heterocycles. The fraction of sp³-hybridized carbons (Fsp3) is 0.125. The molecule has 0 amide bonds. The van der Waals surface area contributed by atoms with Crippen molar-refractivity contribution in [2.24, 2.45) is 16.1 Å². The minimum Gasteiger partial charge on any atom is -0.302 e. The van der Waals surface area contributed by atoms with Crippen molar-refractivity contribution >= 4 is 6.29 Å². The molecule has 3 nitrogen and oxygen atoms in total. The molecule has 0 saturated heterocycles. The van der Waals surface area contributed by atoms with Gasteiger partial charge in [0.15, 0.2) is 0 Å². The van der Waals surface area contributed by atoms with Gasteiger partial charge in [-0.1, -0.05) is 12.2 Å². The molecule has 0 saturated carbocycles. The standard InChI is InChI=1S/C8H6N2O/c11-5-6-2-1-3-8-7(6)4-9-10-8/h1-6H/t6-/m1/s1. The minimum atomic E-state index is -0.148. The van der Waals surface area contributed by atoms with Gasteiger partial charge in [0.25, 0.3) is 0 Å². The monoisotopic (exact) mass is 146 g/mol. The lowest BCUT2D eigenvalue weighted by Crippen LogP contribution is -2.04. The van der Waals surface area contributed by atoms with E-state index in [-0.39, 0.29) is 5.92 Å². The molecular weight excluding hydrogens is 140 g/mol. The number of nitrogens with zero attached hydrogens (tertiary/aromatic N) is 2. The first-order valence-electron chi connectivity index (χ1n) is 3.37. The molecule has 2 aliphatic rings. The van der Waals surface area contributed by atoms with Crippen LogP contribution in [0.2, 0.25) is 0 Å². The van der Waals surface area contributed by atoms with Crippen LogP contribution in [-0.2, 0) is 4.79 Å². The topological polar surface area (TPSA) is 41.8 Å². The summed E-state index contributed by atoms with van der Waals surface area (Å²) in [4.78, 5) is 10.5. The maximum Gasteiger partial charge on any atom is 0.131 e. The number of rotatable bonds is 1. The van der Waals surface area contributed by atoms with Crippen molar-refractivity contribution in [2.75, 3.05) is 0 Å². The van der Waals surface area contributed by atoms with Gasteiger partial charge in [-0.3, -0.25) is 0 Å². The van der Waals surface area contributed by atoms with E-state index in [1.54, 1.807) is 6.20 Å². The van der Waals surface area contributed by atoms with Crippen LogP contribution < -0.4 is 0 Å². The van der Waals surface area contributed by atoms with E-state index in [4.69, 9.17) is 0 Å². The zero-order chi connectivity index (χ0) is 7.68. The third kappa shape index (κ3) is 0.852. The zero-order valence-electron chi connectivity index (χ0n) is 5.77. The Morgan fingerprint density at radius 2 is 2.45 bits per heavy atom. The number of allylic oxidation sites excluding steroid dienone is 4. The quantitative estimate of drug-likeness (QED) is 0.518. The first-order valence-corrected chi connectivity index (χ1v) is 3.37. The molecule has 2 rings (SSSR count). The predicted octanol–water partition coefficient (Wildman–Crippen LogP) is 1.60. The molecule has 1 atom stereocenters. The average Bonchev–Trinajstić information content (AvgIpc) is 2.50. The highest BCUT2D eigenvalue weighted by molar-refractivity contribution is 5.67. The molecule has 0 spiro atoms. The summed E-state index contributed by atoms with van der Waals surface area (Å²) >= 11 is 0. The van der Waals surface area contributed by atoms with Crippen LogP contribution in [0.4, 0.5) is 0 Å². The summed E-state index contributed by atoms with van der Waals surface area (Å²) in [5.74, 6) is -0.148. The van der Waals surface area contributed by atoms with E-state index >= 15 is 0 Å². The van der Waals surface area contributed by atoms with Crippen LogP contribution in [-0.4, -0.2) is 6.29 Å². The lowest BCUT2D eigenvalue weighted by Gasteiger charge is -2.08. The molecule has 54 valence electrons. The molecule has 0 aromatic rings. The van der Waals surface area contributed by atoms with Gasteiger partial charge in [0.05, 0.1) is 17.8 Å². The fourth-order valence-electron chi connectivity index (χ4n) is 1.15. The number of aldehydes is 1. The second-order valence-electron chi connectivity index (χ2n) is 2.40.